The molecule has 1 saturated heterocycles. The fourth-order valence-corrected chi connectivity index (χ4v) is 2.11. The van der Waals surface area contributed by atoms with Crippen molar-refractivity contribution in [2.24, 2.45) is 5.73 Å². The third-order valence-corrected chi connectivity index (χ3v) is 3.14. The van der Waals surface area contributed by atoms with Crippen molar-refractivity contribution in [2.45, 2.75) is 6.10 Å². The number of hydrogen-bond donors (Lipinski definition) is 2. The number of nitro groups is 1. The summed E-state index contributed by atoms with van der Waals surface area (Å²) in [7, 11) is 0. The Hall–Kier alpha value is -2.68. The molecule has 2 rings (SSSR count). The summed E-state index contributed by atoms with van der Waals surface area (Å²) in [5.41, 5.74) is 5.06. The average molecular weight is 295 g/mol. The number of nitrogens with two attached hydrogens (primary N) is 1. The van der Waals surface area contributed by atoms with Gasteiger partial charge < -0.3 is 20.5 Å². The highest BCUT2D eigenvalue weighted by Gasteiger charge is 2.30. The van der Waals surface area contributed by atoms with Gasteiger partial charge in [0.2, 0.25) is 5.91 Å². The first-order valence-corrected chi connectivity index (χ1v) is 6.07. The first-order valence-electron chi connectivity index (χ1n) is 6.07. The van der Waals surface area contributed by atoms with Crippen LogP contribution >= 0.6 is 0 Å². The van der Waals surface area contributed by atoms with Crippen molar-refractivity contribution in [3.8, 4) is 0 Å². The van der Waals surface area contributed by atoms with Crippen LogP contribution in [0, 0.1) is 10.1 Å². The Balaban J connectivity index is 2.36. The Morgan fingerprint density at radius 2 is 2.19 bits per heavy atom. The maximum absolute atomic E-state index is 11.1. The van der Waals surface area contributed by atoms with E-state index in [1.807, 2.05) is 0 Å². The zero-order chi connectivity index (χ0) is 15.6. The van der Waals surface area contributed by atoms with Crippen LogP contribution in [0.4, 0.5) is 11.4 Å². The van der Waals surface area contributed by atoms with Crippen LogP contribution in [0.5, 0.6) is 0 Å². The van der Waals surface area contributed by atoms with Crippen molar-refractivity contribution in [2.75, 3.05) is 24.6 Å². The number of carbonyl (C=O) groups is 2. The molecule has 0 saturated carbocycles. The molecule has 1 aliphatic rings. The topological polar surface area (TPSA) is 136 Å². The van der Waals surface area contributed by atoms with E-state index < -0.39 is 22.9 Å². The number of primary amides is 1. The number of rotatable bonds is 4. The van der Waals surface area contributed by atoms with Crippen LogP contribution in [0.15, 0.2) is 18.2 Å². The second-order valence-corrected chi connectivity index (χ2v) is 4.47. The Bertz CT molecular complexity index is 603. The number of ether oxygens (including phenoxy) is 1. The predicted molar refractivity (Wildman–Crippen MR) is 71.2 cm³/mol. The lowest BCUT2D eigenvalue weighted by molar-refractivity contribution is -0.384. The van der Waals surface area contributed by atoms with E-state index in [-0.39, 0.29) is 30.1 Å². The first-order chi connectivity index (χ1) is 9.90. The number of carbonyl (C=O) groups excluding carboxylic acids is 1. The normalized spacial score (nSPS) is 18.3. The largest absolute Gasteiger partial charge is 0.479 e. The van der Waals surface area contributed by atoms with Gasteiger partial charge in [0.1, 0.15) is 5.69 Å². The number of nitro benzene ring substituents is 1. The SMILES string of the molecule is NC(=O)c1ccc(N2CCOC(C(=O)O)C2)c([N+](=O)[O-])c1. The summed E-state index contributed by atoms with van der Waals surface area (Å²) in [5.74, 6) is -1.90. The van der Waals surface area contributed by atoms with E-state index in [9.17, 15) is 19.7 Å². The quantitative estimate of drug-likeness (QED) is 0.588. The molecule has 21 heavy (non-hydrogen) atoms. The molecular formula is C12H13N3O6. The summed E-state index contributed by atoms with van der Waals surface area (Å²) >= 11 is 0. The molecule has 1 aromatic carbocycles. The number of amides is 1. The van der Waals surface area contributed by atoms with Crippen molar-refractivity contribution >= 4 is 23.3 Å². The third kappa shape index (κ3) is 3.08. The third-order valence-electron chi connectivity index (χ3n) is 3.14. The summed E-state index contributed by atoms with van der Waals surface area (Å²) < 4.78 is 5.07. The summed E-state index contributed by atoms with van der Waals surface area (Å²) in [5, 5.41) is 20.1. The average Bonchev–Trinajstić information content (AvgIpc) is 2.46. The number of carboxylic acids is 1. The van der Waals surface area contributed by atoms with Gasteiger partial charge in [-0.25, -0.2) is 4.79 Å². The fraction of sp³-hybridized carbons (Fsp3) is 0.333. The van der Waals surface area contributed by atoms with Crippen LogP contribution in [-0.2, 0) is 9.53 Å². The van der Waals surface area contributed by atoms with E-state index in [1.165, 1.54) is 12.1 Å². The highest BCUT2D eigenvalue weighted by Crippen LogP contribution is 2.30. The van der Waals surface area contributed by atoms with Crippen LogP contribution in [0.2, 0.25) is 0 Å². The van der Waals surface area contributed by atoms with Crippen molar-refractivity contribution in [3.05, 3.63) is 33.9 Å². The maximum Gasteiger partial charge on any atom is 0.334 e. The van der Waals surface area contributed by atoms with Crippen LogP contribution in [0.25, 0.3) is 0 Å². The molecule has 9 heteroatoms. The highest BCUT2D eigenvalue weighted by atomic mass is 16.6. The van der Waals surface area contributed by atoms with Crippen molar-refractivity contribution < 1.29 is 24.4 Å². The molecule has 112 valence electrons. The van der Waals surface area contributed by atoms with E-state index in [0.717, 1.165) is 6.07 Å². The van der Waals surface area contributed by atoms with Gasteiger partial charge in [0.15, 0.2) is 6.10 Å². The molecule has 0 bridgehead atoms. The van der Waals surface area contributed by atoms with Crippen LogP contribution in [-0.4, -0.2) is 47.7 Å². The predicted octanol–water partition coefficient (Wildman–Crippen LogP) is -0.0165. The van der Waals surface area contributed by atoms with Gasteiger partial charge >= 0.3 is 5.97 Å². The van der Waals surface area contributed by atoms with Crippen molar-refractivity contribution in [3.63, 3.8) is 0 Å². The lowest BCUT2D eigenvalue weighted by atomic mass is 10.1. The summed E-state index contributed by atoms with van der Waals surface area (Å²) in [6.45, 7) is 0.457. The number of benzene rings is 1. The molecular weight excluding hydrogens is 282 g/mol. The van der Waals surface area contributed by atoms with Crippen molar-refractivity contribution in [1.82, 2.24) is 0 Å². The molecule has 1 aliphatic heterocycles. The van der Waals surface area contributed by atoms with Gasteiger partial charge in [-0.2, -0.15) is 0 Å². The Morgan fingerprint density at radius 3 is 2.76 bits per heavy atom. The number of aliphatic carboxylic acids is 1. The molecule has 1 atom stereocenters. The molecule has 0 aromatic heterocycles. The number of nitrogens with zero attached hydrogens (tertiary/aromatic N) is 2. The number of hydrogen-bond acceptors (Lipinski definition) is 6. The van der Waals surface area contributed by atoms with Gasteiger partial charge in [0, 0.05) is 18.2 Å². The Morgan fingerprint density at radius 1 is 1.48 bits per heavy atom. The lowest BCUT2D eigenvalue weighted by Crippen LogP contribution is -2.46. The lowest BCUT2D eigenvalue weighted by Gasteiger charge is -2.32. The zero-order valence-corrected chi connectivity index (χ0v) is 10.9. The molecule has 0 spiro atoms. The van der Waals surface area contributed by atoms with Crippen LogP contribution in [0.1, 0.15) is 10.4 Å². The van der Waals surface area contributed by atoms with E-state index >= 15 is 0 Å². The summed E-state index contributed by atoms with van der Waals surface area (Å²) in [6.07, 6.45) is -1.05. The molecule has 0 radical (unpaired) electrons. The van der Waals surface area contributed by atoms with E-state index in [4.69, 9.17) is 15.6 Å². The molecule has 3 N–H and O–H groups in total. The van der Waals surface area contributed by atoms with Gasteiger partial charge in [-0.05, 0) is 12.1 Å². The van der Waals surface area contributed by atoms with Gasteiger partial charge in [-0.3, -0.25) is 14.9 Å². The molecule has 1 amide bonds. The van der Waals surface area contributed by atoms with Gasteiger partial charge in [-0.1, -0.05) is 0 Å². The standard InChI is InChI=1S/C12H13N3O6/c13-11(16)7-1-2-8(9(5-7)15(19)20)14-3-4-21-10(6-14)12(17)18/h1-2,5,10H,3-4,6H2,(H2,13,16)(H,17,18). The van der Waals surface area contributed by atoms with E-state index in [2.05, 4.69) is 0 Å². The number of carboxylic acid groups (broad SMARTS) is 1. The molecule has 0 aliphatic carbocycles. The van der Waals surface area contributed by atoms with Gasteiger partial charge in [0.25, 0.3) is 5.69 Å². The molecule has 1 unspecified atom stereocenters. The monoisotopic (exact) mass is 295 g/mol. The number of anilines is 1. The molecule has 1 aromatic rings. The maximum atomic E-state index is 11.1. The summed E-state index contributed by atoms with van der Waals surface area (Å²) in [4.78, 5) is 34.1. The first kappa shape index (κ1) is 14.7. The van der Waals surface area contributed by atoms with Crippen molar-refractivity contribution in [1.29, 1.82) is 0 Å². The minimum absolute atomic E-state index is 0.00785. The highest BCUT2D eigenvalue weighted by molar-refractivity contribution is 5.94. The molecule has 1 fully saturated rings. The second-order valence-electron chi connectivity index (χ2n) is 4.47. The van der Waals surface area contributed by atoms with Crippen LogP contribution in [0.3, 0.4) is 0 Å². The minimum Gasteiger partial charge on any atom is -0.479 e. The van der Waals surface area contributed by atoms with Gasteiger partial charge in [-0.15, -0.1) is 0 Å². The molecule has 9 nitrogen and oxygen atoms in total. The second kappa shape index (κ2) is 5.75. The summed E-state index contributed by atoms with van der Waals surface area (Å²) in [6, 6.07) is 3.85. The Kier molecular flexibility index (Phi) is 4.03. The van der Waals surface area contributed by atoms with Crippen LogP contribution < -0.4 is 10.6 Å². The number of morpholine rings is 1. The van der Waals surface area contributed by atoms with E-state index in [1.54, 1.807) is 4.90 Å². The molecule has 1 heterocycles. The van der Waals surface area contributed by atoms with E-state index in [0.29, 0.717) is 6.54 Å². The Labute approximate surface area is 119 Å². The van der Waals surface area contributed by atoms with Gasteiger partial charge in [0.05, 0.1) is 18.1 Å². The smallest absolute Gasteiger partial charge is 0.334 e. The zero-order valence-electron chi connectivity index (χ0n) is 10.9. The fourth-order valence-electron chi connectivity index (χ4n) is 2.11. The minimum atomic E-state index is -1.13.